The van der Waals surface area contributed by atoms with Gasteiger partial charge in [0.05, 0.1) is 18.4 Å². The predicted molar refractivity (Wildman–Crippen MR) is 112 cm³/mol. The molecule has 4 rings (SSSR count). The first-order valence-electron chi connectivity index (χ1n) is 9.71. The van der Waals surface area contributed by atoms with Crippen LogP contribution < -0.4 is 10.2 Å². The average Bonchev–Trinajstić information content (AvgIpc) is 2.70. The molecule has 0 radical (unpaired) electrons. The highest BCUT2D eigenvalue weighted by Crippen LogP contribution is 2.25. The Morgan fingerprint density at radius 1 is 1.03 bits per heavy atom. The molecule has 0 unspecified atom stereocenters. The van der Waals surface area contributed by atoms with Crippen LogP contribution in [0.3, 0.4) is 0 Å². The van der Waals surface area contributed by atoms with Gasteiger partial charge in [0, 0.05) is 18.7 Å². The van der Waals surface area contributed by atoms with Crippen molar-refractivity contribution in [2.45, 2.75) is 33.0 Å². The van der Waals surface area contributed by atoms with Crippen molar-refractivity contribution < 1.29 is 9.13 Å². The number of aryl methyl sites for hydroxylation is 1. The van der Waals surface area contributed by atoms with Crippen molar-refractivity contribution in [2.75, 3.05) is 23.3 Å². The fraction of sp³-hybridized carbons (Fsp3) is 0.318. The van der Waals surface area contributed by atoms with E-state index >= 15 is 0 Å². The molecule has 1 fully saturated rings. The lowest BCUT2D eigenvalue weighted by atomic mass is 10.1. The highest BCUT2D eigenvalue weighted by Gasteiger charge is 2.24. The van der Waals surface area contributed by atoms with Crippen LogP contribution in [-0.4, -0.2) is 40.5 Å². The number of benzene rings is 1. The van der Waals surface area contributed by atoms with Gasteiger partial charge in [-0.05, 0) is 44.5 Å². The van der Waals surface area contributed by atoms with Gasteiger partial charge in [0.15, 0.2) is 17.5 Å². The molecular formula is C22H24FN5O. The fourth-order valence-electron chi connectivity index (χ4n) is 3.51. The van der Waals surface area contributed by atoms with Crippen LogP contribution in [0.4, 0.5) is 21.8 Å². The van der Waals surface area contributed by atoms with Crippen LogP contribution in [0.1, 0.15) is 19.4 Å². The van der Waals surface area contributed by atoms with E-state index < -0.39 is 5.82 Å². The molecule has 0 amide bonds. The molecule has 2 aromatic heterocycles. The maximum absolute atomic E-state index is 14.4. The molecular weight excluding hydrogens is 369 g/mol. The number of rotatable bonds is 4. The van der Waals surface area contributed by atoms with E-state index in [2.05, 4.69) is 25.4 Å². The first kappa shape index (κ1) is 19.3. The Morgan fingerprint density at radius 3 is 2.48 bits per heavy atom. The van der Waals surface area contributed by atoms with Crippen LogP contribution in [0, 0.1) is 12.7 Å². The van der Waals surface area contributed by atoms with Crippen molar-refractivity contribution in [3.63, 3.8) is 0 Å². The largest absolute Gasteiger partial charge is 0.372 e. The molecule has 1 N–H and O–H groups in total. The second-order valence-electron chi connectivity index (χ2n) is 7.48. The van der Waals surface area contributed by atoms with Gasteiger partial charge in [0.2, 0.25) is 0 Å². The molecule has 0 aliphatic carbocycles. The maximum atomic E-state index is 14.4. The lowest BCUT2D eigenvalue weighted by molar-refractivity contribution is -0.00545. The molecule has 7 heteroatoms. The topological polar surface area (TPSA) is 63.2 Å². The number of morpholine rings is 1. The molecule has 0 spiro atoms. The number of pyridine rings is 1. The lowest BCUT2D eigenvalue weighted by Gasteiger charge is -2.36. The Bertz CT molecular complexity index is 985. The number of nitrogens with zero attached hydrogens (tertiary/aromatic N) is 4. The van der Waals surface area contributed by atoms with Crippen LogP contribution in [0.5, 0.6) is 0 Å². The summed E-state index contributed by atoms with van der Waals surface area (Å²) in [6, 6.07) is 13.1. The summed E-state index contributed by atoms with van der Waals surface area (Å²) in [7, 11) is 0. The molecule has 6 nitrogen and oxygen atoms in total. The number of aromatic nitrogens is 3. The van der Waals surface area contributed by atoms with Crippen LogP contribution in [0.25, 0.3) is 11.1 Å². The van der Waals surface area contributed by atoms with Gasteiger partial charge in [-0.15, -0.1) is 5.10 Å². The minimum absolute atomic E-state index is 0.0964. The molecule has 2 atom stereocenters. The monoisotopic (exact) mass is 393 g/mol. The molecule has 3 aromatic rings. The smallest absolute Gasteiger partial charge is 0.170 e. The SMILES string of the molecule is Cc1ccc(-c2cnnc(Nc3nc(N4C[C@@H](C)O[C@@H](C)C4)ccc3F)c2)cc1. The first-order chi connectivity index (χ1) is 14.0. The number of ether oxygens (including phenoxy) is 1. The van der Waals surface area contributed by atoms with E-state index in [1.165, 1.54) is 11.6 Å². The molecule has 1 aromatic carbocycles. The Hall–Kier alpha value is -3.06. The van der Waals surface area contributed by atoms with Gasteiger partial charge in [0.25, 0.3) is 0 Å². The molecule has 0 bridgehead atoms. The molecule has 3 heterocycles. The number of hydrogen-bond acceptors (Lipinski definition) is 6. The molecule has 1 aliphatic rings. The standard InChI is InChI=1S/C22H24FN5O/c1-14-4-6-17(7-5-14)18-10-20(27-24-11-18)25-22-19(23)8-9-21(26-22)28-12-15(2)29-16(3)13-28/h4-11,15-16H,12-13H2,1-3H3,(H,25,26,27)/t15-,16+. The number of hydrogen-bond donors (Lipinski definition) is 1. The van der Waals surface area contributed by atoms with Crippen molar-refractivity contribution in [3.05, 3.63) is 60.0 Å². The zero-order valence-electron chi connectivity index (χ0n) is 16.8. The summed E-state index contributed by atoms with van der Waals surface area (Å²) in [5, 5.41) is 11.1. The Labute approximate surface area is 169 Å². The van der Waals surface area contributed by atoms with Crippen LogP contribution in [0.15, 0.2) is 48.7 Å². The van der Waals surface area contributed by atoms with E-state index in [1.54, 1.807) is 12.3 Å². The molecule has 29 heavy (non-hydrogen) atoms. The zero-order valence-corrected chi connectivity index (χ0v) is 16.8. The maximum Gasteiger partial charge on any atom is 0.170 e. The van der Waals surface area contributed by atoms with Crippen LogP contribution in [0.2, 0.25) is 0 Å². The summed E-state index contributed by atoms with van der Waals surface area (Å²) in [5.74, 6) is 0.837. The first-order valence-corrected chi connectivity index (χ1v) is 9.71. The summed E-state index contributed by atoms with van der Waals surface area (Å²) >= 11 is 0. The fourth-order valence-corrected chi connectivity index (χ4v) is 3.51. The predicted octanol–water partition coefficient (Wildman–Crippen LogP) is 4.34. The highest BCUT2D eigenvalue weighted by atomic mass is 19.1. The Morgan fingerprint density at radius 2 is 1.76 bits per heavy atom. The van der Waals surface area contributed by atoms with Gasteiger partial charge in [-0.2, -0.15) is 5.10 Å². The number of nitrogens with one attached hydrogen (secondary N) is 1. The Balaban J connectivity index is 1.58. The normalized spacial score (nSPS) is 19.2. The van der Waals surface area contributed by atoms with Crippen LogP contribution >= 0.6 is 0 Å². The van der Waals surface area contributed by atoms with Crippen molar-refractivity contribution >= 4 is 17.5 Å². The number of anilines is 3. The third-order valence-corrected chi connectivity index (χ3v) is 4.86. The summed E-state index contributed by atoms with van der Waals surface area (Å²) in [6.45, 7) is 7.52. The molecule has 1 aliphatic heterocycles. The van der Waals surface area contributed by atoms with E-state index in [9.17, 15) is 4.39 Å². The van der Waals surface area contributed by atoms with Crippen molar-refractivity contribution in [1.29, 1.82) is 0 Å². The summed E-state index contributed by atoms with van der Waals surface area (Å²) in [5.41, 5.74) is 3.10. The molecule has 0 saturated carbocycles. The minimum Gasteiger partial charge on any atom is -0.372 e. The van der Waals surface area contributed by atoms with E-state index in [0.717, 1.165) is 11.1 Å². The summed E-state index contributed by atoms with van der Waals surface area (Å²) in [6.07, 6.45) is 1.88. The van der Waals surface area contributed by atoms with E-state index in [4.69, 9.17) is 4.74 Å². The lowest BCUT2D eigenvalue weighted by Crippen LogP contribution is -2.45. The van der Waals surface area contributed by atoms with E-state index in [1.807, 2.05) is 51.1 Å². The highest BCUT2D eigenvalue weighted by molar-refractivity contribution is 5.67. The van der Waals surface area contributed by atoms with Crippen LogP contribution in [-0.2, 0) is 4.74 Å². The molecule has 1 saturated heterocycles. The van der Waals surface area contributed by atoms with Gasteiger partial charge in [0.1, 0.15) is 5.82 Å². The second-order valence-corrected chi connectivity index (χ2v) is 7.48. The van der Waals surface area contributed by atoms with Gasteiger partial charge < -0.3 is 15.0 Å². The summed E-state index contributed by atoms with van der Waals surface area (Å²) in [4.78, 5) is 6.60. The zero-order chi connectivity index (χ0) is 20.4. The van der Waals surface area contributed by atoms with E-state index in [0.29, 0.717) is 24.7 Å². The Kier molecular flexibility index (Phi) is 5.40. The third kappa shape index (κ3) is 4.51. The van der Waals surface area contributed by atoms with Crippen molar-refractivity contribution in [1.82, 2.24) is 15.2 Å². The second kappa shape index (κ2) is 8.13. The average molecular weight is 393 g/mol. The van der Waals surface area contributed by atoms with Crippen molar-refractivity contribution in [2.24, 2.45) is 0 Å². The summed E-state index contributed by atoms with van der Waals surface area (Å²) < 4.78 is 20.2. The minimum atomic E-state index is -0.439. The number of halogens is 1. The molecule has 150 valence electrons. The van der Waals surface area contributed by atoms with Gasteiger partial charge in [-0.25, -0.2) is 9.37 Å². The van der Waals surface area contributed by atoms with Gasteiger partial charge >= 0.3 is 0 Å². The van der Waals surface area contributed by atoms with Crippen molar-refractivity contribution in [3.8, 4) is 11.1 Å². The van der Waals surface area contributed by atoms with Gasteiger partial charge in [-0.3, -0.25) is 0 Å². The quantitative estimate of drug-likeness (QED) is 0.711. The van der Waals surface area contributed by atoms with E-state index in [-0.39, 0.29) is 18.0 Å². The van der Waals surface area contributed by atoms with Gasteiger partial charge in [-0.1, -0.05) is 29.8 Å². The third-order valence-electron chi connectivity index (χ3n) is 4.86.